The molecule has 0 unspecified atom stereocenters. The van der Waals surface area contributed by atoms with Crippen molar-refractivity contribution in [3.8, 4) is 0 Å². The van der Waals surface area contributed by atoms with Crippen LogP contribution in [0.2, 0.25) is 0 Å². The summed E-state index contributed by atoms with van der Waals surface area (Å²) in [7, 11) is 0. The van der Waals surface area contributed by atoms with Gasteiger partial charge >= 0.3 is 0 Å². The minimum absolute atomic E-state index is 0.120. The summed E-state index contributed by atoms with van der Waals surface area (Å²) in [5.74, 6) is 0. The summed E-state index contributed by atoms with van der Waals surface area (Å²) in [4.78, 5) is 6.58. The van der Waals surface area contributed by atoms with Crippen LogP contribution in [0.25, 0.3) is 0 Å². The van der Waals surface area contributed by atoms with Gasteiger partial charge in [-0.1, -0.05) is 27.2 Å². The molecule has 1 rings (SSSR count). The summed E-state index contributed by atoms with van der Waals surface area (Å²) < 4.78 is 0. The van der Waals surface area contributed by atoms with Gasteiger partial charge in [-0.25, -0.2) is 0 Å². The fourth-order valence-electron chi connectivity index (χ4n) is 3.78. The highest BCUT2D eigenvalue weighted by Gasteiger charge is 2.45. The summed E-state index contributed by atoms with van der Waals surface area (Å²) in [6, 6.07) is 0. The molecule has 2 nitrogen and oxygen atoms in total. The molecule has 1 aliphatic heterocycles. The van der Waals surface area contributed by atoms with E-state index in [2.05, 4.69) is 67.4 Å². The van der Waals surface area contributed by atoms with E-state index in [1.54, 1.807) is 0 Å². The largest absolute Gasteiger partial charge is 0.292 e. The Morgan fingerprint density at radius 3 is 1.80 bits per heavy atom. The van der Waals surface area contributed by atoms with E-state index < -0.39 is 0 Å². The molecule has 0 aromatic rings. The predicted octanol–water partition coefficient (Wildman–Crippen LogP) is 5.57. The molecule has 0 aliphatic carbocycles. The average molecular weight is 283 g/mol. The molecule has 0 amide bonds. The number of hydrogen-bond acceptors (Lipinski definition) is 2. The Morgan fingerprint density at radius 1 is 0.950 bits per heavy atom. The first kappa shape index (κ1) is 18.0. The van der Waals surface area contributed by atoms with Crippen LogP contribution in [0.15, 0.2) is 0 Å². The first-order chi connectivity index (χ1) is 8.81. The van der Waals surface area contributed by atoms with Gasteiger partial charge in [0, 0.05) is 11.1 Å². The Bertz CT molecular complexity index is 312. The van der Waals surface area contributed by atoms with Crippen LogP contribution in [0.1, 0.15) is 94.4 Å². The summed E-state index contributed by atoms with van der Waals surface area (Å²) in [5.41, 5.74) is 0.448. The van der Waals surface area contributed by atoms with Crippen molar-refractivity contribution in [1.82, 2.24) is 5.06 Å². The van der Waals surface area contributed by atoms with E-state index in [0.717, 1.165) is 6.42 Å². The van der Waals surface area contributed by atoms with Crippen molar-refractivity contribution in [3.63, 3.8) is 0 Å². The lowest BCUT2D eigenvalue weighted by Crippen LogP contribution is -2.60. The standard InChI is InChI=1S/C18H37NO/c1-10-15(2,3)14-18(8,9)20-19-16(4,5)12-11-13-17(19,6)7/h10-14H2,1-9H3. The van der Waals surface area contributed by atoms with Crippen molar-refractivity contribution in [2.45, 2.75) is 111 Å². The van der Waals surface area contributed by atoms with Gasteiger partial charge in [0.1, 0.15) is 0 Å². The van der Waals surface area contributed by atoms with Crippen LogP contribution in [0, 0.1) is 5.41 Å². The molecule has 0 aromatic heterocycles. The van der Waals surface area contributed by atoms with Gasteiger partial charge in [-0.15, -0.1) is 0 Å². The zero-order valence-corrected chi connectivity index (χ0v) is 15.4. The Morgan fingerprint density at radius 2 is 1.40 bits per heavy atom. The number of piperidine rings is 1. The maximum Gasteiger partial charge on any atom is 0.0849 e. The zero-order chi connectivity index (χ0) is 15.8. The van der Waals surface area contributed by atoms with E-state index >= 15 is 0 Å². The molecule has 0 atom stereocenters. The predicted molar refractivity (Wildman–Crippen MR) is 87.7 cm³/mol. The lowest BCUT2D eigenvalue weighted by atomic mass is 9.79. The molecule has 120 valence electrons. The van der Waals surface area contributed by atoms with Crippen LogP contribution >= 0.6 is 0 Å². The van der Waals surface area contributed by atoms with Crippen LogP contribution in [-0.4, -0.2) is 21.7 Å². The Kier molecular flexibility index (Phi) is 5.04. The van der Waals surface area contributed by atoms with Crippen molar-refractivity contribution >= 4 is 0 Å². The van der Waals surface area contributed by atoms with Gasteiger partial charge in [-0.05, 0) is 72.6 Å². The highest BCUT2D eigenvalue weighted by atomic mass is 16.7. The van der Waals surface area contributed by atoms with Crippen LogP contribution in [0.5, 0.6) is 0 Å². The molecule has 1 saturated heterocycles. The van der Waals surface area contributed by atoms with Gasteiger partial charge in [0.25, 0.3) is 0 Å². The van der Waals surface area contributed by atoms with Gasteiger partial charge in [0.15, 0.2) is 0 Å². The fraction of sp³-hybridized carbons (Fsp3) is 1.00. The molecule has 2 heteroatoms. The maximum absolute atomic E-state index is 6.58. The molecule has 0 N–H and O–H groups in total. The summed E-state index contributed by atoms with van der Waals surface area (Å²) in [6.45, 7) is 20.7. The molecular weight excluding hydrogens is 246 g/mol. The smallest absolute Gasteiger partial charge is 0.0849 e. The van der Waals surface area contributed by atoms with E-state index in [-0.39, 0.29) is 16.7 Å². The monoisotopic (exact) mass is 283 g/mol. The maximum atomic E-state index is 6.58. The highest BCUT2D eigenvalue weighted by molar-refractivity contribution is 4.94. The Hall–Kier alpha value is -0.0800. The Balaban J connectivity index is 2.87. The molecule has 20 heavy (non-hydrogen) atoms. The summed E-state index contributed by atoms with van der Waals surface area (Å²) in [5, 5.41) is 2.30. The highest BCUT2D eigenvalue weighted by Crippen LogP contribution is 2.42. The molecular formula is C18H37NO. The molecule has 0 aromatic carbocycles. The minimum atomic E-state index is -0.120. The molecule has 0 bridgehead atoms. The van der Waals surface area contributed by atoms with Crippen molar-refractivity contribution in [1.29, 1.82) is 0 Å². The number of rotatable bonds is 5. The van der Waals surface area contributed by atoms with E-state index in [0.29, 0.717) is 5.41 Å². The van der Waals surface area contributed by atoms with E-state index in [9.17, 15) is 0 Å². The van der Waals surface area contributed by atoms with Crippen LogP contribution < -0.4 is 0 Å². The second-order valence-electron chi connectivity index (χ2n) is 9.32. The average Bonchev–Trinajstić information content (AvgIpc) is 2.22. The number of hydroxylamine groups is 2. The van der Waals surface area contributed by atoms with Crippen LogP contribution in [0.3, 0.4) is 0 Å². The van der Waals surface area contributed by atoms with Gasteiger partial charge in [-0.3, -0.25) is 4.84 Å². The quantitative estimate of drug-likeness (QED) is 0.654. The second kappa shape index (κ2) is 5.61. The van der Waals surface area contributed by atoms with Crippen LogP contribution in [0.4, 0.5) is 0 Å². The van der Waals surface area contributed by atoms with Gasteiger partial charge in [0.05, 0.1) is 5.60 Å². The molecule has 1 fully saturated rings. The topological polar surface area (TPSA) is 12.5 Å². The third-order valence-electron chi connectivity index (χ3n) is 4.88. The van der Waals surface area contributed by atoms with Gasteiger partial charge < -0.3 is 0 Å². The van der Waals surface area contributed by atoms with E-state index in [1.165, 1.54) is 25.7 Å². The normalized spacial score (nSPS) is 23.9. The van der Waals surface area contributed by atoms with E-state index in [1.807, 2.05) is 0 Å². The lowest BCUT2D eigenvalue weighted by molar-refractivity contribution is -0.333. The molecule has 0 radical (unpaired) electrons. The number of hydrogen-bond donors (Lipinski definition) is 0. The first-order valence-corrected chi connectivity index (χ1v) is 8.31. The van der Waals surface area contributed by atoms with Gasteiger partial charge in [-0.2, -0.15) is 5.06 Å². The summed E-state index contributed by atoms with van der Waals surface area (Å²) >= 11 is 0. The molecule has 0 saturated carbocycles. The fourth-order valence-corrected chi connectivity index (χ4v) is 3.78. The van der Waals surface area contributed by atoms with Crippen molar-refractivity contribution in [2.24, 2.45) is 5.41 Å². The van der Waals surface area contributed by atoms with E-state index in [4.69, 9.17) is 4.84 Å². The van der Waals surface area contributed by atoms with Crippen molar-refractivity contribution in [3.05, 3.63) is 0 Å². The first-order valence-electron chi connectivity index (χ1n) is 8.31. The lowest BCUT2D eigenvalue weighted by Gasteiger charge is -2.54. The SMILES string of the molecule is CCC(C)(C)CC(C)(C)ON1C(C)(C)CCCC1(C)C. The van der Waals surface area contributed by atoms with Crippen LogP contribution in [-0.2, 0) is 4.84 Å². The molecule has 0 spiro atoms. The summed E-state index contributed by atoms with van der Waals surface area (Å²) in [6.07, 6.45) is 5.99. The number of nitrogens with zero attached hydrogens (tertiary/aromatic N) is 1. The van der Waals surface area contributed by atoms with Crippen molar-refractivity contribution < 1.29 is 4.84 Å². The zero-order valence-electron chi connectivity index (χ0n) is 15.4. The minimum Gasteiger partial charge on any atom is -0.292 e. The van der Waals surface area contributed by atoms with Gasteiger partial charge in [0.2, 0.25) is 0 Å². The molecule has 1 aliphatic rings. The third-order valence-corrected chi connectivity index (χ3v) is 4.88. The van der Waals surface area contributed by atoms with Crippen molar-refractivity contribution in [2.75, 3.05) is 0 Å². The second-order valence-corrected chi connectivity index (χ2v) is 9.32. The third kappa shape index (κ3) is 4.46. The Labute approximate surface area is 127 Å². The molecule has 1 heterocycles.